The summed E-state index contributed by atoms with van der Waals surface area (Å²) in [6.45, 7) is 0.447. The molecule has 10 heteroatoms. The van der Waals surface area contributed by atoms with Crippen LogP contribution >= 0.6 is 24.0 Å². The highest BCUT2D eigenvalue weighted by atomic mass is 32.2. The minimum atomic E-state index is -0.510. The number of nitrogens with one attached hydrogen (secondary N) is 1. The Morgan fingerprint density at radius 2 is 1.93 bits per heavy atom. The molecule has 29 heavy (non-hydrogen) atoms. The van der Waals surface area contributed by atoms with Crippen LogP contribution in [0.15, 0.2) is 47.4 Å². The van der Waals surface area contributed by atoms with Crippen LogP contribution in [0.4, 0.5) is 5.69 Å². The second-order valence-corrected chi connectivity index (χ2v) is 7.43. The number of hydrogen-bond donors (Lipinski definition) is 1. The summed E-state index contributed by atoms with van der Waals surface area (Å²) < 4.78 is 16.8. The highest BCUT2D eigenvalue weighted by Gasteiger charge is 2.23. The van der Waals surface area contributed by atoms with Crippen LogP contribution < -0.4 is 19.5 Å². The molecule has 8 nitrogen and oxygen atoms in total. The molecule has 1 amide bonds. The van der Waals surface area contributed by atoms with E-state index >= 15 is 0 Å². The van der Waals surface area contributed by atoms with Gasteiger partial charge in [0, 0.05) is 23.8 Å². The van der Waals surface area contributed by atoms with E-state index in [2.05, 4.69) is 5.32 Å². The number of non-ortho nitro benzene ring substituents is 1. The van der Waals surface area contributed by atoms with Gasteiger partial charge in [0.05, 0.1) is 16.9 Å². The van der Waals surface area contributed by atoms with Gasteiger partial charge in [0.2, 0.25) is 0 Å². The number of rotatable bonds is 8. The highest BCUT2D eigenvalue weighted by Crippen LogP contribution is 2.31. The van der Waals surface area contributed by atoms with E-state index in [9.17, 15) is 14.9 Å². The van der Waals surface area contributed by atoms with Gasteiger partial charge < -0.3 is 19.5 Å². The standard InChI is InChI=1S/C19H16N2O6S2/c1-25-14-3-2-4-15(11-14)26-7-8-27-16-6-5-13(21(23)24)9-12(16)10-17-18(22)20-19(28)29-17/h2-6,9-11H,7-8H2,1H3,(H,20,22,28)/b17-10-. The maximum atomic E-state index is 11.9. The molecule has 1 heterocycles. The van der Waals surface area contributed by atoms with Gasteiger partial charge in [-0.1, -0.05) is 30.0 Å². The fraction of sp³-hybridized carbons (Fsp3) is 0.158. The number of amides is 1. The summed E-state index contributed by atoms with van der Waals surface area (Å²) >= 11 is 6.06. The Bertz CT molecular complexity index is 992. The Hall–Kier alpha value is -3.11. The molecule has 0 saturated carbocycles. The lowest BCUT2D eigenvalue weighted by Gasteiger charge is -2.11. The van der Waals surface area contributed by atoms with Crippen molar-refractivity contribution >= 4 is 46.0 Å². The van der Waals surface area contributed by atoms with E-state index in [1.165, 1.54) is 24.3 Å². The summed E-state index contributed by atoms with van der Waals surface area (Å²) in [7, 11) is 1.57. The summed E-state index contributed by atoms with van der Waals surface area (Å²) in [6, 6.07) is 11.3. The minimum absolute atomic E-state index is 0.109. The van der Waals surface area contributed by atoms with E-state index in [-0.39, 0.29) is 24.8 Å². The molecule has 1 aliphatic heterocycles. The third-order valence-corrected chi connectivity index (χ3v) is 4.95. The van der Waals surface area contributed by atoms with E-state index in [1.54, 1.807) is 19.2 Å². The Morgan fingerprint density at radius 1 is 1.17 bits per heavy atom. The van der Waals surface area contributed by atoms with Crippen molar-refractivity contribution in [2.75, 3.05) is 20.3 Å². The Labute approximate surface area is 176 Å². The fourth-order valence-electron chi connectivity index (χ4n) is 2.46. The molecular formula is C19H16N2O6S2. The number of carbonyl (C=O) groups excluding carboxylic acids is 1. The van der Waals surface area contributed by atoms with Crippen LogP contribution in [-0.2, 0) is 4.79 Å². The predicted octanol–water partition coefficient (Wildman–Crippen LogP) is 3.55. The second kappa shape index (κ2) is 9.39. The largest absolute Gasteiger partial charge is 0.497 e. The number of thiocarbonyl (C=S) groups is 1. The number of nitrogens with zero attached hydrogens (tertiary/aromatic N) is 1. The average Bonchev–Trinajstić information content (AvgIpc) is 3.02. The van der Waals surface area contributed by atoms with Crippen molar-refractivity contribution in [2.24, 2.45) is 0 Å². The zero-order chi connectivity index (χ0) is 20.8. The summed E-state index contributed by atoms with van der Waals surface area (Å²) in [5.41, 5.74) is 0.297. The van der Waals surface area contributed by atoms with Gasteiger partial charge in [-0.05, 0) is 24.3 Å². The molecular weight excluding hydrogens is 416 g/mol. The first-order valence-electron chi connectivity index (χ1n) is 8.39. The summed E-state index contributed by atoms with van der Waals surface area (Å²) in [5, 5.41) is 13.6. The number of thioether (sulfide) groups is 1. The molecule has 0 aliphatic carbocycles. The summed E-state index contributed by atoms with van der Waals surface area (Å²) in [6.07, 6.45) is 1.52. The van der Waals surface area contributed by atoms with Crippen molar-refractivity contribution in [1.82, 2.24) is 5.32 Å². The molecule has 1 saturated heterocycles. The third-order valence-electron chi connectivity index (χ3n) is 3.78. The second-order valence-electron chi connectivity index (χ2n) is 5.71. The molecule has 0 bridgehead atoms. The van der Waals surface area contributed by atoms with E-state index in [0.29, 0.717) is 32.0 Å². The van der Waals surface area contributed by atoms with Crippen molar-refractivity contribution in [3.8, 4) is 17.2 Å². The van der Waals surface area contributed by atoms with Crippen LogP contribution in [0.5, 0.6) is 17.2 Å². The molecule has 0 aromatic heterocycles. The van der Waals surface area contributed by atoms with Gasteiger partial charge in [-0.15, -0.1) is 0 Å². The molecule has 2 aromatic carbocycles. The van der Waals surface area contributed by atoms with Gasteiger partial charge in [0.1, 0.15) is 34.8 Å². The van der Waals surface area contributed by atoms with Crippen LogP contribution in [0.1, 0.15) is 5.56 Å². The minimum Gasteiger partial charge on any atom is -0.497 e. The number of hydrogen-bond acceptors (Lipinski definition) is 8. The van der Waals surface area contributed by atoms with E-state index in [4.69, 9.17) is 26.4 Å². The Morgan fingerprint density at radius 3 is 2.62 bits per heavy atom. The van der Waals surface area contributed by atoms with Crippen LogP contribution in [0.2, 0.25) is 0 Å². The van der Waals surface area contributed by atoms with Gasteiger partial charge >= 0.3 is 0 Å². The maximum absolute atomic E-state index is 11.9. The lowest BCUT2D eigenvalue weighted by molar-refractivity contribution is -0.384. The monoisotopic (exact) mass is 432 g/mol. The smallest absolute Gasteiger partial charge is 0.270 e. The SMILES string of the molecule is COc1cccc(OCCOc2ccc([N+](=O)[O-])cc2/C=C2\SC(=S)NC2=O)c1. The van der Waals surface area contributed by atoms with E-state index in [0.717, 1.165) is 11.8 Å². The molecule has 2 aromatic rings. The van der Waals surface area contributed by atoms with Gasteiger partial charge in [-0.2, -0.15) is 0 Å². The fourth-order valence-corrected chi connectivity index (χ4v) is 3.49. The average molecular weight is 432 g/mol. The maximum Gasteiger partial charge on any atom is 0.270 e. The van der Waals surface area contributed by atoms with Crippen LogP contribution in [0, 0.1) is 10.1 Å². The quantitative estimate of drug-likeness (QED) is 0.222. The number of nitro groups is 1. The molecule has 1 N–H and O–H groups in total. The van der Waals surface area contributed by atoms with Crippen molar-refractivity contribution in [2.45, 2.75) is 0 Å². The van der Waals surface area contributed by atoms with Crippen LogP contribution in [0.3, 0.4) is 0 Å². The Kier molecular flexibility index (Phi) is 6.68. The van der Waals surface area contributed by atoms with Crippen molar-refractivity contribution < 1.29 is 23.9 Å². The number of methoxy groups -OCH3 is 1. The molecule has 1 fully saturated rings. The van der Waals surface area contributed by atoms with E-state index < -0.39 is 4.92 Å². The third kappa shape index (κ3) is 5.46. The summed E-state index contributed by atoms with van der Waals surface area (Å²) in [5.74, 6) is 1.35. The van der Waals surface area contributed by atoms with Crippen molar-refractivity contribution in [1.29, 1.82) is 0 Å². The number of benzene rings is 2. The number of ether oxygens (including phenoxy) is 3. The van der Waals surface area contributed by atoms with Crippen LogP contribution in [0.25, 0.3) is 6.08 Å². The first kappa shape index (κ1) is 20.6. The lowest BCUT2D eigenvalue weighted by Crippen LogP contribution is -2.17. The van der Waals surface area contributed by atoms with Gasteiger partial charge in [-0.25, -0.2) is 0 Å². The predicted molar refractivity (Wildman–Crippen MR) is 113 cm³/mol. The first-order chi connectivity index (χ1) is 14.0. The zero-order valence-corrected chi connectivity index (χ0v) is 16.9. The topological polar surface area (TPSA) is 99.9 Å². The zero-order valence-electron chi connectivity index (χ0n) is 15.2. The Balaban J connectivity index is 1.71. The molecule has 3 rings (SSSR count). The molecule has 0 atom stereocenters. The van der Waals surface area contributed by atoms with E-state index in [1.807, 2.05) is 12.1 Å². The van der Waals surface area contributed by atoms with Gasteiger partial charge in [0.15, 0.2) is 0 Å². The van der Waals surface area contributed by atoms with Crippen molar-refractivity contribution in [3.63, 3.8) is 0 Å². The number of carbonyl (C=O) groups is 1. The first-order valence-corrected chi connectivity index (χ1v) is 9.61. The molecule has 0 spiro atoms. The molecule has 0 radical (unpaired) electrons. The summed E-state index contributed by atoms with van der Waals surface area (Å²) in [4.78, 5) is 22.8. The van der Waals surface area contributed by atoms with Gasteiger partial charge in [-0.3, -0.25) is 14.9 Å². The normalized spacial score (nSPS) is 14.6. The van der Waals surface area contributed by atoms with Crippen LogP contribution in [-0.4, -0.2) is 35.5 Å². The van der Waals surface area contributed by atoms with Crippen molar-refractivity contribution in [3.05, 3.63) is 63.0 Å². The molecule has 1 aliphatic rings. The molecule has 150 valence electrons. The molecule has 0 unspecified atom stereocenters. The van der Waals surface area contributed by atoms with Gasteiger partial charge in [0.25, 0.3) is 11.6 Å². The number of nitro benzene ring substituents is 1. The highest BCUT2D eigenvalue weighted by molar-refractivity contribution is 8.26. The lowest BCUT2D eigenvalue weighted by atomic mass is 10.1.